The third kappa shape index (κ3) is 5.28. The molecule has 2 heterocycles. The molecular weight excluding hydrogens is 669 g/mol. The number of furan rings is 1. The molecule has 0 aliphatic carbocycles. The summed E-state index contributed by atoms with van der Waals surface area (Å²) in [4.78, 5) is 10.1. The summed E-state index contributed by atoms with van der Waals surface area (Å²) in [5.74, 6) is 0. The van der Waals surface area contributed by atoms with E-state index in [9.17, 15) is 0 Å². The molecule has 0 amide bonds. The van der Waals surface area contributed by atoms with Crippen LogP contribution in [-0.2, 0) is 0 Å². The van der Waals surface area contributed by atoms with Crippen LogP contribution in [0.5, 0.6) is 0 Å². The highest BCUT2D eigenvalue weighted by atomic mass is 16.3. The van der Waals surface area contributed by atoms with Gasteiger partial charge in [-0.05, 0) is 67.9 Å². The fourth-order valence-corrected chi connectivity index (χ4v) is 8.17. The minimum Gasteiger partial charge on any atom is -0.455 e. The predicted octanol–water partition coefficient (Wildman–Crippen LogP) is 14.2. The average molecular weight is 701 g/mol. The normalized spacial score (nSPS) is 11.6. The van der Waals surface area contributed by atoms with Crippen LogP contribution in [0.4, 0.5) is 0 Å². The molecule has 11 rings (SSSR count). The number of hydrogen-bond donors (Lipinski definition) is 0. The van der Waals surface area contributed by atoms with Crippen molar-refractivity contribution < 1.29 is 4.42 Å². The minimum absolute atomic E-state index is 0.866. The molecule has 0 unspecified atom stereocenters. The summed E-state index contributed by atoms with van der Waals surface area (Å²) >= 11 is 0. The van der Waals surface area contributed by atoms with Crippen molar-refractivity contribution in [2.75, 3.05) is 0 Å². The molecule has 256 valence electrons. The SMILES string of the molecule is c1cc(-c2ccc(-c3cccc(-c4cccc5c4oc4ccccc45)c3)cc2)cc(-c2ccc(-c3cnc4c5ccccc5c5ccccc5c4n3)cc2)c1. The first kappa shape index (κ1) is 31.2. The van der Waals surface area contributed by atoms with Crippen LogP contribution < -0.4 is 0 Å². The Bertz CT molecular complexity index is 3210. The zero-order chi connectivity index (χ0) is 36.3. The predicted molar refractivity (Wildman–Crippen MR) is 229 cm³/mol. The molecule has 0 aliphatic heterocycles. The molecule has 0 atom stereocenters. The molecule has 55 heavy (non-hydrogen) atoms. The van der Waals surface area contributed by atoms with Gasteiger partial charge in [-0.2, -0.15) is 0 Å². The van der Waals surface area contributed by atoms with Gasteiger partial charge in [0.25, 0.3) is 0 Å². The number of nitrogens with zero attached hydrogens (tertiary/aromatic N) is 2. The number of fused-ring (bicyclic) bond motifs is 9. The van der Waals surface area contributed by atoms with E-state index >= 15 is 0 Å². The number of hydrogen-bond acceptors (Lipinski definition) is 3. The molecule has 11 aromatic rings. The van der Waals surface area contributed by atoms with Crippen LogP contribution in [0.25, 0.3) is 110 Å². The Hall–Kier alpha value is -7.36. The topological polar surface area (TPSA) is 38.9 Å². The first-order valence-electron chi connectivity index (χ1n) is 18.6. The lowest BCUT2D eigenvalue weighted by Crippen LogP contribution is -1.92. The maximum absolute atomic E-state index is 6.35. The van der Waals surface area contributed by atoms with Crippen molar-refractivity contribution in [3.63, 3.8) is 0 Å². The quantitative estimate of drug-likeness (QED) is 0.168. The van der Waals surface area contributed by atoms with Crippen molar-refractivity contribution in [3.05, 3.63) is 194 Å². The highest BCUT2D eigenvalue weighted by molar-refractivity contribution is 6.23. The summed E-state index contributed by atoms with van der Waals surface area (Å²) in [6, 6.07) is 66.6. The number of aromatic nitrogens is 2. The lowest BCUT2D eigenvalue weighted by Gasteiger charge is -2.11. The molecule has 2 aromatic heterocycles. The second kappa shape index (κ2) is 12.6. The van der Waals surface area contributed by atoms with E-state index < -0.39 is 0 Å². The van der Waals surface area contributed by atoms with E-state index in [2.05, 4.69) is 176 Å². The summed E-state index contributed by atoms with van der Waals surface area (Å²) < 4.78 is 6.35. The van der Waals surface area contributed by atoms with Gasteiger partial charge in [0.05, 0.1) is 22.9 Å². The monoisotopic (exact) mass is 700 g/mol. The summed E-state index contributed by atoms with van der Waals surface area (Å²) in [5.41, 5.74) is 14.9. The highest BCUT2D eigenvalue weighted by Gasteiger charge is 2.14. The molecular formula is C52H32N2O. The van der Waals surface area contributed by atoms with Crippen molar-refractivity contribution in [3.8, 4) is 55.8 Å². The highest BCUT2D eigenvalue weighted by Crippen LogP contribution is 2.38. The van der Waals surface area contributed by atoms with E-state index in [1.54, 1.807) is 0 Å². The molecule has 0 saturated heterocycles. The largest absolute Gasteiger partial charge is 0.455 e. The van der Waals surface area contributed by atoms with Gasteiger partial charge >= 0.3 is 0 Å². The van der Waals surface area contributed by atoms with Crippen molar-refractivity contribution in [2.24, 2.45) is 0 Å². The molecule has 0 N–H and O–H groups in total. The minimum atomic E-state index is 0.866. The summed E-state index contributed by atoms with van der Waals surface area (Å²) in [6.45, 7) is 0. The van der Waals surface area contributed by atoms with E-state index in [1.165, 1.54) is 38.6 Å². The fourth-order valence-electron chi connectivity index (χ4n) is 8.17. The molecule has 0 spiro atoms. The maximum atomic E-state index is 6.35. The van der Waals surface area contributed by atoms with Gasteiger partial charge in [-0.1, -0.05) is 170 Å². The molecule has 0 aliphatic rings. The first-order chi connectivity index (χ1) is 27.2. The Kier molecular flexibility index (Phi) is 7.17. The Balaban J connectivity index is 0.873. The Labute approximate surface area is 317 Å². The summed E-state index contributed by atoms with van der Waals surface area (Å²) in [6.07, 6.45) is 1.90. The Morgan fingerprint density at radius 1 is 0.327 bits per heavy atom. The number of benzene rings is 9. The zero-order valence-electron chi connectivity index (χ0n) is 29.8. The van der Waals surface area contributed by atoms with Gasteiger partial charge in [0.15, 0.2) is 0 Å². The van der Waals surface area contributed by atoms with E-state index in [1.807, 2.05) is 18.3 Å². The third-order valence-corrected chi connectivity index (χ3v) is 10.9. The van der Waals surface area contributed by atoms with Crippen LogP contribution in [0.3, 0.4) is 0 Å². The van der Waals surface area contributed by atoms with E-state index in [0.29, 0.717) is 0 Å². The molecule has 9 aromatic carbocycles. The average Bonchev–Trinajstić information content (AvgIpc) is 3.66. The van der Waals surface area contributed by atoms with Crippen molar-refractivity contribution >= 4 is 54.5 Å². The fraction of sp³-hybridized carbons (Fsp3) is 0. The van der Waals surface area contributed by atoms with Crippen molar-refractivity contribution in [2.45, 2.75) is 0 Å². The van der Waals surface area contributed by atoms with Gasteiger partial charge in [0, 0.05) is 32.7 Å². The molecule has 0 bridgehead atoms. The van der Waals surface area contributed by atoms with Gasteiger partial charge in [0.1, 0.15) is 11.2 Å². The second-order valence-corrected chi connectivity index (χ2v) is 14.1. The van der Waals surface area contributed by atoms with Crippen LogP contribution in [0.15, 0.2) is 199 Å². The third-order valence-electron chi connectivity index (χ3n) is 10.9. The van der Waals surface area contributed by atoms with Crippen LogP contribution in [0, 0.1) is 0 Å². The molecule has 0 saturated carbocycles. The van der Waals surface area contributed by atoms with Crippen LogP contribution in [0.2, 0.25) is 0 Å². The zero-order valence-corrected chi connectivity index (χ0v) is 29.8. The molecule has 3 heteroatoms. The van der Waals surface area contributed by atoms with Gasteiger partial charge in [-0.25, -0.2) is 4.98 Å². The van der Waals surface area contributed by atoms with Crippen LogP contribution in [-0.4, -0.2) is 9.97 Å². The van der Waals surface area contributed by atoms with Gasteiger partial charge in [0.2, 0.25) is 0 Å². The maximum Gasteiger partial charge on any atom is 0.143 e. The molecule has 0 fully saturated rings. The Morgan fingerprint density at radius 2 is 0.800 bits per heavy atom. The van der Waals surface area contributed by atoms with Crippen molar-refractivity contribution in [1.82, 2.24) is 9.97 Å². The molecule has 0 radical (unpaired) electrons. The van der Waals surface area contributed by atoms with Crippen molar-refractivity contribution in [1.29, 1.82) is 0 Å². The molecule has 3 nitrogen and oxygen atoms in total. The summed E-state index contributed by atoms with van der Waals surface area (Å²) in [5, 5.41) is 6.94. The van der Waals surface area contributed by atoms with Crippen LogP contribution >= 0.6 is 0 Å². The smallest absolute Gasteiger partial charge is 0.143 e. The Morgan fingerprint density at radius 3 is 1.44 bits per heavy atom. The number of para-hydroxylation sites is 2. The lowest BCUT2D eigenvalue weighted by atomic mass is 9.95. The van der Waals surface area contributed by atoms with Crippen LogP contribution in [0.1, 0.15) is 0 Å². The summed E-state index contributed by atoms with van der Waals surface area (Å²) in [7, 11) is 0. The second-order valence-electron chi connectivity index (χ2n) is 14.1. The van der Waals surface area contributed by atoms with E-state index in [-0.39, 0.29) is 0 Å². The lowest BCUT2D eigenvalue weighted by molar-refractivity contribution is 0.670. The standard InChI is InChI=1S/C52H32N2O/c1-3-17-45-42(14-1)43-15-2-4-18-46(43)51-50(45)53-32-48(54-51)36-28-26-35(27-29-36)38-11-7-10-37(30-38)33-22-24-34(25-23-33)39-12-8-13-40(31-39)41-19-9-20-47-44-16-5-6-21-49(44)55-52(41)47/h1-32H. The van der Waals surface area contributed by atoms with E-state index in [0.717, 1.165) is 71.7 Å². The first-order valence-corrected chi connectivity index (χ1v) is 18.6. The van der Waals surface area contributed by atoms with Gasteiger partial charge in [-0.3, -0.25) is 4.98 Å². The number of rotatable bonds is 5. The van der Waals surface area contributed by atoms with Gasteiger partial charge < -0.3 is 4.42 Å². The van der Waals surface area contributed by atoms with Gasteiger partial charge in [-0.15, -0.1) is 0 Å². The van der Waals surface area contributed by atoms with E-state index in [4.69, 9.17) is 14.4 Å².